The fourth-order valence-corrected chi connectivity index (χ4v) is 8.37. The number of hydrogen-bond acceptors (Lipinski definition) is 5. The molecule has 9 aromatic carbocycles. The van der Waals surface area contributed by atoms with Crippen LogP contribution in [-0.4, -0.2) is 15.0 Å². The van der Waals surface area contributed by atoms with Crippen LogP contribution in [0.5, 0.6) is 0 Å². The zero-order valence-electron chi connectivity index (χ0n) is 34.0. The highest BCUT2D eigenvalue weighted by Crippen LogP contribution is 2.40. The summed E-state index contributed by atoms with van der Waals surface area (Å²) in [4.78, 5) is 15.6. The second-order valence-electron chi connectivity index (χ2n) is 15.5. The van der Waals surface area contributed by atoms with Crippen LogP contribution >= 0.6 is 0 Å². The van der Waals surface area contributed by atoms with E-state index in [1.807, 2.05) is 66.7 Å². The summed E-state index contributed by atoms with van der Waals surface area (Å²) in [7, 11) is 0. The molecule has 0 saturated carbocycles. The van der Waals surface area contributed by atoms with Crippen molar-refractivity contribution in [3.63, 3.8) is 0 Å². The molecule has 294 valence electrons. The lowest BCUT2D eigenvalue weighted by Gasteiger charge is -2.13. The van der Waals surface area contributed by atoms with Gasteiger partial charge in [-0.05, 0) is 110 Å². The minimum absolute atomic E-state index is 0.538. The molecule has 0 bridgehead atoms. The summed E-state index contributed by atoms with van der Waals surface area (Å²) in [5.74, 6) is 1.65. The van der Waals surface area contributed by atoms with Crippen LogP contribution in [0.15, 0.2) is 223 Å². The van der Waals surface area contributed by atoms with E-state index in [1.165, 1.54) is 5.56 Å². The van der Waals surface area contributed by atoms with Gasteiger partial charge in [0.05, 0.1) is 11.6 Å². The Kier molecular flexibility index (Phi) is 9.50. The Hall–Kier alpha value is -8.72. The van der Waals surface area contributed by atoms with Gasteiger partial charge < -0.3 is 4.42 Å². The van der Waals surface area contributed by atoms with Crippen LogP contribution in [0.3, 0.4) is 0 Å². The average Bonchev–Trinajstić information content (AvgIpc) is 3.75. The van der Waals surface area contributed by atoms with E-state index in [0.29, 0.717) is 23.0 Å². The van der Waals surface area contributed by atoms with Crippen LogP contribution in [0.2, 0.25) is 0 Å². The molecule has 11 rings (SSSR count). The minimum atomic E-state index is 0.538. The monoisotopic (exact) mass is 804 g/mol. The van der Waals surface area contributed by atoms with Gasteiger partial charge in [-0.3, -0.25) is 0 Å². The molecule has 0 aliphatic heterocycles. The maximum atomic E-state index is 9.32. The van der Waals surface area contributed by atoms with Gasteiger partial charge in [0, 0.05) is 27.5 Å². The maximum absolute atomic E-state index is 9.32. The lowest BCUT2D eigenvalue weighted by atomic mass is 9.95. The van der Waals surface area contributed by atoms with E-state index in [1.54, 1.807) is 0 Å². The van der Waals surface area contributed by atoms with Crippen LogP contribution in [0.1, 0.15) is 5.56 Å². The molecule has 0 amide bonds. The van der Waals surface area contributed by atoms with Gasteiger partial charge in [0.1, 0.15) is 11.2 Å². The predicted molar refractivity (Wildman–Crippen MR) is 255 cm³/mol. The van der Waals surface area contributed by atoms with Crippen molar-refractivity contribution >= 4 is 21.9 Å². The number of nitrogens with zero attached hydrogens (tertiary/aromatic N) is 4. The van der Waals surface area contributed by atoms with Gasteiger partial charge in [-0.2, -0.15) is 5.26 Å². The maximum Gasteiger partial charge on any atom is 0.164 e. The smallest absolute Gasteiger partial charge is 0.164 e. The molecule has 2 aromatic heterocycles. The molecule has 2 heterocycles. The van der Waals surface area contributed by atoms with Gasteiger partial charge >= 0.3 is 0 Å². The van der Waals surface area contributed by atoms with Crippen molar-refractivity contribution in [3.8, 4) is 95.9 Å². The van der Waals surface area contributed by atoms with Crippen molar-refractivity contribution < 1.29 is 4.42 Å². The van der Waals surface area contributed by atoms with Gasteiger partial charge in [-0.1, -0.05) is 164 Å². The summed E-state index contributed by atoms with van der Waals surface area (Å²) in [5, 5.41) is 11.4. The summed E-state index contributed by atoms with van der Waals surface area (Å²) < 4.78 is 6.63. The summed E-state index contributed by atoms with van der Waals surface area (Å²) in [6.45, 7) is 0. The molecular weight excluding hydrogens is 769 g/mol. The van der Waals surface area contributed by atoms with Crippen LogP contribution < -0.4 is 0 Å². The normalized spacial score (nSPS) is 11.2. The molecule has 0 aliphatic rings. The molecule has 63 heavy (non-hydrogen) atoms. The molecule has 0 unspecified atom stereocenters. The first-order valence-corrected chi connectivity index (χ1v) is 20.9. The van der Waals surface area contributed by atoms with Crippen LogP contribution in [0.4, 0.5) is 0 Å². The third-order valence-electron chi connectivity index (χ3n) is 11.6. The SMILES string of the molecule is N#Cc1ccc(-c2ccc(-c3nc(-c4cc(-c5ccccc5)cc(-c5ccccc5)c4)nc(-c4ccc5c(c4)oc4cccc(-c6cccc(-c7ccccc7)c6)c45)n3)cc2)cc1. The predicted octanol–water partition coefficient (Wildman–Crippen LogP) is 15.0. The third-order valence-corrected chi connectivity index (χ3v) is 11.6. The standard InChI is InChI=1S/C58H36N4O/c59-37-38-22-24-42(25-23-38)43-26-28-44(29-27-43)56-60-57(62-58(61-56)50-34-48(40-14-6-2-7-15-40)33-49(35-50)41-16-8-3-9-17-41)47-30-31-52-54(36-47)63-53-21-11-20-51(55(52)53)46-19-10-18-45(32-46)39-12-4-1-5-13-39/h1-36H. The Labute approximate surface area is 364 Å². The Morgan fingerprint density at radius 2 is 0.762 bits per heavy atom. The Bertz CT molecular complexity index is 3420. The molecular formula is C58H36N4O. The molecule has 0 spiro atoms. The lowest BCUT2D eigenvalue weighted by molar-refractivity contribution is 0.669. The average molecular weight is 805 g/mol. The first-order chi connectivity index (χ1) is 31.1. The highest BCUT2D eigenvalue weighted by atomic mass is 16.3. The zero-order valence-corrected chi connectivity index (χ0v) is 34.0. The van der Waals surface area contributed by atoms with Crippen LogP contribution in [-0.2, 0) is 0 Å². The molecule has 0 aliphatic carbocycles. The number of aromatic nitrogens is 3. The summed E-state index contributed by atoms with van der Waals surface area (Å²) >= 11 is 0. The van der Waals surface area contributed by atoms with Gasteiger partial charge in [0.15, 0.2) is 17.5 Å². The quantitative estimate of drug-likeness (QED) is 0.153. The number of hydrogen-bond donors (Lipinski definition) is 0. The van der Waals surface area contributed by atoms with Crippen molar-refractivity contribution in [1.82, 2.24) is 15.0 Å². The molecule has 11 aromatic rings. The molecule has 5 heteroatoms. The van der Waals surface area contributed by atoms with Gasteiger partial charge in [0.25, 0.3) is 0 Å². The highest BCUT2D eigenvalue weighted by Gasteiger charge is 2.18. The second-order valence-corrected chi connectivity index (χ2v) is 15.5. The number of furan rings is 1. The number of rotatable bonds is 8. The van der Waals surface area contributed by atoms with E-state index in [4.69, 9.17) is 19.4 Å². The van der Waals surface area contributed by atoms with E-state index in [0.717, 1.165) is 88.7 Å². The van der Waals surface area contributed by atoms with Crippen molar-refractivity contribution in [2.75, 3.05) is 0 Å². The summed E-state index contributed by atoms with van der Waals surface area (Å²) in [6.07, 6.45) is 0. The number of fused-ring (bicyclic) bond motifs is 3. The van der Waals surface area contributed by atoms with Crippen molar-refractivity contribution in [2.45, 2.75) is 0 Å². The summed E-state index contributed by atoms with van der Waals surface area (Å²) in [6, 6.07) is 77.0. The fraction of sp³-hybridized carbons (Fsp3) is 0. The first-order valence-electron chi connectivity index (χ1n) is 20.9. The van der Waals surface area contributed by atoms with E-state index in [2.05, 4.69) is 158 Å². The Balaban J connectivity index is 1.06. The van der Waals surface area contributed by atoms with E-state index >= 15 is 0 Å². The topological polar surface area (TPSA) is 75.6 Å². The molecule has 0 fully saturated rings. The largest absolute Gasteiger partial charge is 0.456 e. The molecule has 5 nitrogen and oxygen atoms in total. The third kappa shape index (κ3) is 7.33. The molecule has 0 atom stereocenters. The van der Waals surface area contributed by atoms with E-state index in [9.17, 15) is 5.26 Å². The Morgan fingerprint density at radius 3 is 1.38 bits per heavy atom. The Morgan fingerprint density at radius 1 is 0.317 bits per heavy atom. The zero-order chi connectivity index (χ0) is 42.1. The highest BCUT2D eigenvalue weighted by molar-refractivity contribution is 6.13. The van der Waals surface area contributed by atoms with Gasteiger partial charge in [0.2, 0.25) is 0 Å². The van der Waals surface area contributed by atoms with E-state index in [-0.39, 0.29) is 0 Å². The van der Waals surface area contributed by atoms with Gasteiger partial charge in [-0.25, -0.2) is 15.0 Å². The van der Waals surface area contributed by atoms with Crippen molar-refractivity contribution in [2.24, 2.45) is 0 Å². The molecule has 0 N–H and O–H groups in total. The van der Waals surface area contributed by atoms with Crippen molar-refractivity contribution in [1.29, 1.82) is 5.26 Å². The van der Waals surface area contributed by atoms with Gasteiger partial charge in [-0.15, -0.1) is 0 Å². The summed E-state index contributed by atoms with van der Waals surface area (Å²) in [5.41, 5.74) is 15.7. The minimum Gasteiger partial charge on any atom is -0.456 e. The van der Waals surface area contributed by atoms with Crippen LogP contribution in [0, 0.1) is 11.3 Å². The van der Waals surface area contributed by atoms with E-state index < -0.39 is 0 Å². The second kappa shape index (κ2) is 16.0. The molecule has 0 saturated heterocycles. The number of nitriles is 1. The lowest BCUT2D eigenvalue weighted by Crippen LogP contribution is -2.00. The van der Waals surface area contributed by atoms with Crippen molar-refractivity contribution in [3.05, 3.63) is 224 Å². The number of benzene rings is 9. The molecule has 0 radical (unpaired) electrons. The first kappa shape index (κ1) is 37.3. The fourth-order valence-electron chi connectivity index (χ4n) is 8.37. The van der Waals surface area contributed by atoms with Crippen LogP contribution in [0.25, 0.3) is 112 Å².